The molecule has 0 saturated heterocycles. The molecule has 0 spiro atoms. The van der Waals surface area contributed by atoms with Crippen LogP contribution in [0.25, 0.3) is 0 Å². The molecule has 1 aromatic carbocycles. The van der Waals surface area contributed by atoms with Crippen molar-refractivity contribution in [3.63, 3.8) is 0 Å². The fraction of sp³-hybridized carbons (Fsp3) is 0.400. The third kappa shape index (κ3) is 1.58. The van der Waals surface area contributed by atoms with Gasteiger partial charge in [-0.25, -0.2) is 0 Å². The molecule has 0 bridgehead atoms. The van der Waals surface area contributed by atoms with Crippen LogP contribution >= 0.6 is 23.2 Å². The van der Waals surface area contributed by atoms with Crippen LogP contribution in [-0.4, -0.2) is 12.1 Å². The predicted octanol–water partition coefficient (Wildman–Crippen LogP) is 2.68. The van der Waals surface area contributed by atoms with E-state index in [2.05, 4.69) is 5.32 Å². The number of rotatable bonds is 1. The molecule has 1 aliphatic rings. The average Bonchev–Trinajstić information content (AvgIpc) is 2.57. The smallest absolute Gasteiger partial charge is 0.0641 e. The van der Waals surface area contributed by atoms with Crippen molar-refractivity contribution in [1.82, 2.24) is 0 Å². The fourth-order valence-corrected chi connectivity index (χ4v) is 2.19. The van der Waals surface area contributed by atoms with Gasteiger partial charge in [0.25, 0.3) is 0 Å². The van der Waals surface area contributed by atoms with Gasteiger partial charge in [-0.05, 0) is 31.0 Å². The van der Waals surface area contributed by atoms with E-state index in [0.717, 1.165) is 22.7 Å². The highest BCUT2D eigenvalue weighted by Crippen LogP contribution is 2.37. The van der Waals surface area contributed by atoms with Gasteiger partial charge in [0, 0.05) is 17.1 Å². The molecule has 0 radical (unpaired) electrons. The topological polar surface area (TPSA) is 38.0 Å². The Labute approximate surface area is 93.4 Å². The van der Waals surface area contributed by atoms with Crippen LogP contribution in [0.4, 0.5) is 5.69 Å². The van der Waals surface area contributed by atoms with Gasteiger partial charge in [-0.15, -0.1) is 0 Å². The van der Waals surface area contributed by atoms with Crippen LogP contribution in [0.2, 0.25) is 10.0 Å². The molecule has 1 heterocycles. The van der Waals surface area contributed by atoms with Crippen LogP contribution in [0.15, 0.2) is 12.1 Å². The molecule has 0 amide bonds. The monoisotopic (exact) mass is 230 g/mol. The molecule has 2 unspecified atom stereocenters. The summed E-state index contributed by atoms with van der Waals surface area (Å²) in [4.78, 5) is 0. The van der Waals surface area contributed by atoms with Gasteiger partial charge in [0.15, 0.2) is 0 Å². The standard InChI is InChI=1S/C10H12Cl2N2/c1-5(13)9-4-6-7(11)2-3-8(12)10(6)14-9/h2-3,5,9,14H,4,13H2,1H3. The summed E-state index contributed by atoms with van der Waals surface area (Å²) >= 11 is 12.1. The molecule has 76 valence electrons. The Morgan fingerprint density at radius 3 is 2.64 bits per heavy atom. The van der Waals surface area contributed by atoms with Crippen molar-refractivity contribution in [2.24, 2.45) is 5.73 Å². The lowest BCUT2D eigenvalue weighted by molar-refractivity contribution is 0.612. The number of hydrogen-bond acceptors (Lipinski definition) is 2. The molecule has 0 saturated carbocycles. The van der Waals surface area contributed by atoms with E-state index < -0.39 is 0 Å². The Hall–Kier alpha value is -0.440. The lowest BCUT2D eigenvalue weighted by atomic mass is 10.1. The van der Waals surface area contributed by atoms with Crippen LogP contribution in [0, 0.1) is 0 Å². The highest BCUT2D eigenvalue weighted by molar-refractivity contribution is 6.36. The predicted molar refractivity (Wildman–Crippen MR) is 61.2 cm³/mol. The van der Waals surface area contributed by atoms with Gasteiger partial charge in [-0.1, -0.05) is 23.2 Å². The third-order valence-corrected chi connectivity index (χ3v) is 3.26. The number of fused-ring (bicyclic) bond motifs is 1. The van der Waals surface area contributed by atoms with Crippen molar-refractivity contribution < 1.29 is 0 Å². The summed E-state index contributed by atoms with van der Waals surface area (Å²) in [6.45, 7) is 1.98. The van der Waals surface area contributed by atoms with Gasteiger partial charge >= 0.3 is 0 Å². The van der Waals surface area contributed by atoms with E-state index in [-0.39, 0.29) is 12.1 Å². The van der Waals surface area contributed by atoms with Gasteiger partial charge in [0.05, 0.1) is 10.7 Å². The number of nitrogens with one attached hydrogen (secondary N) is 1. The number of anilines is 1. The van der Waals surface area contributed by atoms with E-state index in [0.29, 0.717) is 5.02 Å². The summed E-state index contributed by atoms with van der Waals surface area (Å²) in [6, 6.07) is 3.96. The van der Waals surface area contributed by atoms with Crippen molar-refractivity contribution in [1.29, 1.82) is 0 Å². The van der Waals surface area contributed by atoms with Crippen LogP contribution in [-0.2, 0) is 6.42 Å². The third-order valence-electron chi connectivity index (χ3n) is 2.59. The van der Waals surface area contributed by atoms with E-state index >= 15 is 0 Å². The molecule has 4 heteroatoms. The number of hydrogen-bond donors (Lipinski definition) is 2. The quantitative estimate of drug-likeness (QED) is 0.779. The number of halogens is 2. The molecule has 0 aliphatic carbocycles. The van der Waals surface area contributed by atoms with Gasteiger partial charge in [0.1, 0.15) is 0 Å². The second-order valence-electron chi connectivity index (χ2n) is 3.70. The summed E-state index contributed by atoms with van der Waals surface area (Å²) in [5.74, 6) is 0. The lowest BCUT2D eigenvalue weighted by Gasteiger charge is -2.15. The first-order valence-electron chi connectivity index (χ1n) is 4.58. The van der Waals surface area contributed by atoms with Crippen molar-refractivity contribution in [2.45, 2.75) is 25.4 Å². The molecule has 1 aliphatic heterocycles. The average molecular weight is 231 g/mol. The molecule has 2 nitrogen and oxygen atoms in total. The maximum absolute atomic E-state index is 6.07. The largest absolute Gasteiger partial charge is 0.379 e. The Bertz CT molecular complexity index is 332. The first-order chi connectivity index (χ1) is 6.59. The van der Waals surface area contributed by atoms with E-state index in [1.54, 1.807) is 6.07 Å². The zero-order valence-corrected chi connectivity index (χ0v) is 9.36. The SMILES string of the molecule is CC(N)C1Cc2c(Cl)ccc(Cl)c2N1. The molecule has 14 heavy (non-hydrogen) atoms. The first kappa shape index (κ1) is 10.1. The molecule has 3 N–H and O–H groups in total. The highest BCUT2D eigenvalue weighted by atomic mass is 35.5. The normalized spacial score (nSPS) is 21.6. The lowest BCUT2D eigenvalue weighted by Crippen LogP contribution is -2.36. The highest BCUT2D eigenvalue weighted by Gasteiger charge is 2.26. The molecule has 2 rings (SSSR count). The van der Waals surface area contributed by atoms with Crippen LogP contribution < -0.4 is 11.1 Å². The van der Waals surface area contributed by atoms with Crippen LogP contribution in [0.1, 0.15) is 12.5 Å². The zero-order chi connectivity index (χ0) is 10.3. The zero-order valence-electron chi connectivity index (χ0n) is 7.85. The Balaban J connectivity index is 2.38. The van der Waals surface area contributed by atoms with E-state index in [9.17, 15) is 0 Å². The van der Waals surface area contributed by atoms with Gasteiger partial charge in [-0.3, -0.25) is 0 Å². The minimum absolute atomic E-state index is 0.0922. The molecule has 0 aromatic heterocycles. The minimum Gasteiger partial charge on any atom is -0.379 e. The number of benzene rings is 1. The summed E-state index contributed by atoms with van der Waals surface area (Å²) < 4.78 is 0. The molecule has 1 aromatic rings. The second-order valence-corrected chi connectivity index (χ2v) is 4.51. The van der Waals surface area contributed by atoms with Crippen molar-refractivity contribution in [3.8, 4) is 0 Å². The van der Waals surface area contributed by atoms with E-state index in [4.69, 9.17) is 28.9 Å². The molecular weight excluding hydrogens is 219 g/mol. The Morgan fingerprint density at radius 1 is 1.43 bits per heavy atom. The molecule has 0 fully saturated rings. The van der Waals surface area contributed by atoms with Crippen molar-refractivity contribution >= 4 is 28.9 Å². The molecular formula is C10H12Cl2N2. The summed E-state index contributed by atoms with van der Waals surface area (Å²) in [5.41, 5.74) is 7.86. The number of nitrogens with two attached hydrogens (primary N) is 1. The Morgan fingerprint density at radius 2 is 2.07 bits per heavy atom. The molecule has 2 atom stereocenters. The summed E-state index contributed by atoms with van der Waals surface area (Å²) in [7, 11) is 0. The maximum atomic E-state index is 6.07. The van der Waals surface area contributed by atoms with Gasteiger partial charge in [0.2, 0.25) is 0 Å². The fourth-order valence-electron chi connectivity index (χ4n) is 1.72. The first-order valence-corrected chi connectivity index (χ1v) is 5.34. The summed E-state index contributed by atoms with van der Waals surface area (Å²) in [5, 5.41) is 4.78. The van der Waals surface area contributed by atoms with Crippen LogP contribution in [0.3, 0.4) is 0 Å². The second kappa shape index (κ2) is 3.61. The van der Waals surface area contributed by atoms with Gasteiger partial charge in [-0.2, -0.15) is 0 Å². The summed E-state index contributed by atoms with van der Waals surface area (Å²) in [6.07, 6.45) is 0.854. The van der Waals surface area contributed by atoms with Crippen LogP contribution in [0.5, 0.6) is 0 Å². The van der Waals surface area contributed by atoms with Crippen molar-refractivity contribution in [2.75, 3.05) is 5.32 Å². The van der Waals surface area contributed by atoms with E-state index in [1.807, 2.05) is 13.0 Å². The minimum atomic E-state index is 0.0922. The maximum Gasteiger partial charge on any atom is 0.0641 e. The van der Waals surface area contributed by atoms with Crippen molar-refractivity contribution in [3.05, 3.63) is 27.7 Å². The Kier molecular flexibility index (Phi) is 2.60. The van der Waals surface area contributed by atoms with Gasteiger partial charge < -0.3 is 11.1 Å². The van der Waals surface area contributed by atoms with E-state index in [1.165, 1.54) is 0 Å².